The average Bonchev–Trinajstić information content (AvgIpc) is 3.11. The smallest absolute Gasteiger partial charge is 0.239 e. The minimum Gasteiger partial charge on any atom is -0.468 e. The van der Waals surface area contributed by atoms with Crippen molar-refractivity contribution in [1.29, 1.82) is 0 Å². The van der Waals surface area contributed by atoms with Crippen LogP contribution in [0, 0.1) is 0 Å². The first-order valence-electron chi connectivity index (χ1n) is 9.42. The Morgan fingerprint density at radius 1 is 1.26 bits per heavy atom. The van der Waals surface area contributed by atoms with Gasteiger partial charge >= 0.3 is 0 Å². The Morgan fingerprint density at radius 2 is 1.96 bits per heavy atom. The van der Waals surface area contributed by atoms with Crippen LogP contribution < -0.4 is 16.0 Å². The fourth-order valence-corrected chi connectivity index (χ4v) is 3.16. The van der Waals surface area contributed by atoms with Crippen LogP contribution in [0.2, 0.25) is 0 Å². The van der Waals surface area contributed by atoms with Gasteiger partial charge in [0.15, 0.2) is 5.96 Å². The highest BCUT2D eigenvalue weighted by molar-refractivity contribution is 14.0. The summed E-state index contributed by atoms with van der Waals surface area (Å²) in [5.74, 6) is 1.52. The molecule has 1 aliphatic heterocycles. The van der Waals surface area contributed by atoms with Crippen molar-refractivity contribution in [1.82, 2.24) is 20.9 Å². The SMILES string of the molecule is CN=C(NCC(=O)NC(C)(C)C)NCC(c1ccco1)N1CCCCC1.I. The van der Waals surface area contributed by atoms with Crippen molar-refractivity contribution >= 4 is 35.8 Å². The molecule has 1 aromatic heterocycles. The molecule has 3 N–H and O–H groups in total. The molecule has 1 aromatic rings. The zero-order chi connectivity index (χ0) is 19.0. The van der Waals surface area contributed by atoms with Crippen molar-refractivity contribution < 1.29 is 9.21 Å². The van der Waals surface area contributed by atoms with Crippen LogP contribution in [-0.4, -0.2) is 55.5 Å². The van der Waals surface area contributed by atoms with Crippen LogP contribution in [-0.2, 0) is 4.79 Å². The van der Waals surface area contributed by atoms with Gasteiger partial charge in [0.05, 0.1) is 18.8 Å². The summed E-state index contributed by atoms with van der Waals surface area (Å²) in [7, 11) is 1.71. The van der Waals surface area contributed by atoms with Crippen molar-refractivity contribution in [3.05, 3.63) is 24.2 Å². The fraction of sp³-hybridized carbons (Fsp3) is 0.684. The predicted octanol–water partition coefficient (Wildman–Crippen LogP) is 2.50. The third-order valence-electron chi connectivity index (χ3n) is 4.32. The molecule has 2 rings (SSSR count). The van der Waals surface area contributed by atoms with Crippen LogP contribution in [0.5, 0.6) is 0 Å². The van der Waals surface area contributed by atoms with Gasteiger partial charge in [-0.1, -0.05) is 6.42 Å². The van der Waals surface area contributed by atoms with E-state index in [1.807, 2.05) is 32.9 Å². The van der Waals surface area contributed by atoms with Crippen molar-refractivity contribution in [3.8, 4) is 0 Å². The maximum atomic E-state index is 12.0. The first-order valence-corrected chi connectivity index (χ1v) is 9.42. The largest absolute Gasteiger partial charge is 0.468 e. The van der Waals surface area contributed by atoms with E-state index in [-0.39, 0.29) is 48.0 Å². The number of aliphatic imine (C=N–C) groups is 1. The lowest BCUT2D eigenvalue weighted by Crippen LogP contribution is -2.49. The Balaban J connectivity index is 0.00000364. The van der Waals surface area contributed by atoms with E-state index in [9.17, 15) is 4.79 Å². The first-order chi connectivity index (χ1) is 12.4. The first kappa shape index (κ1) is 23.7. The van der Waals surface area contributed by atoms with E-state index in [1.54, 1.807) is 13.3 Å². The molecule has 154 valence electrons. The quantitative estimate of drug-likeness (QED) is 0.324. The third kappa shape index (κ3) is 8.50. The second-order valence-corrected chi connectivity index (χ2v) is 7.73. The van der Waals surface area contributed by atoms with E-state index < -0.39 is 0 Å². The van der Waals surface area contributed by atoms with Crippen LogP contribution in [0.4, 0.5) is 0 Å². The summed E-state index contributed by atoms with van der Waals surface area (Å²) < 4.78 is 5.66. The van der Waals surface area contributed by atoms with Gasteiger partial charge in [0, 0.05) is 19.1 Å². The molecule has 1 fully saturated rings. The highest BCUT2D eigenvalue weighted by Gasteiger charge is 2.24. The summed E-state index contributed by atoms with van der Waals surface area (Å²) in [6.07, 6.45) is 5.45. The molecule has 0 radical (unpaired) electrons. The van der Waals surface area contributed by atoms with E-state index >= 15 is 0 Å². The molecule has 0 aromatic carbocycles. The number of nitrogens with zero attached hydrogens (tertiary/aromatic N) is 2. The van der Waals surface area contributed by atoms with E-state index in [0.717, 1.165) is 18.8 Å². The zero-order valence-electron chi connectivity index (χ0n) is 16.9. The van der Waals surface area contributed by atoms with Crippen molar-refractivity contribution in [2.45, 2.75) is 51.6 Å². The van der Waals surface area contributed by atoms with Crippen LogP contribution in [0.15, 0.2) is 27.8 Å². The lowest BCUT2D eigenvalue weighted by atomic mass is 10.1. The van der Waals surface area contributed by atoms with Crippen molar-refractivity contribution in [2.75, 3.05) is 33.2 Å². The molecule has 1 unspecified atom stereocenters. The molecular weight excluding hydrogens is 457 g/mol. The number of nitrogens with one attached hydrogen (secondary N) is 3. The van der Waals surface area contributed by atoms with E-state index in [0.29, 0.717) is 12.5 Å². The van der Waals surface area contributed by atoms with Crippen molar-refractivity contribution in [3.63, 3.8) is 0 Å². The summed E-state index contributed by atoms with van der Waals surface area (Å²) in [5, 5.41) is 9.33. The Kier molecular flexibility index (Phi) is 10.1. The topological polar surface area (TPSA) is 81.9 Å². The second-order valence-electron chi connectivity index (χ2n) is 7.73. The zero-order valence-corrected chi connectivity index (χ0v) is 19.2. The van der Waals surface area contributed by atoms with Crippen LogP contribution in [0.25, 0.3) is 0 Å². The number of halogens is 1. The molecule has 1 amide bonds. The molecule has 8 heteroatoms. The molecule has 1 aliphatic rings. The van der Waals surface area contributed by atoms with Crippen LogP contribution >= 0.6 is 24.0 Å². The van der Waals surface area contributed by atoms with Gasteiger partial charge < -0.3 is 20.4 Å². The summed E-state index contributed by atoms with van der Waals surface area (Å²) in [5.41, 5.74) is -0.242. The van der Waals surface area contributed by atoms with Gasteiger partial charge in [0.2, 0.25) is 5.91 Å². The van der Waals surface area contributed by atoms with Gasteiger partial charge in [-0.2, -0.15) is 0 Å². The summed E-state index contributed by atoms with van der Waals surface area (Å²) >= 11 is 0. The summed E-state index contributed by atoms with van der Waals surface area (Å²) in [4.78, 5) is 18.6. The highest BCUT2D eigenvalue weighted by Crippen LogP contribution is 2.24. The molecule has 1 atom stereocenters. The minimum absolute atomic E-state index is 0. The Hall–Kier alpha value is -1.29. The summed E-state index contributed by atoms with van der Waals surface area (Å²) in [6, 6.07) is 4.11. The number of furan rings is 1. The number of hydrogen-bond donors (Lipinski definition) is 3. The Bertz CT molecular complexity index is 577. The number of amides is 1. The fourth-order valence-electron chi connectivity index (χ4n) is 3.16. The number of likely N-dealkylation sites (tertiary alicyclic amines) is 1. The summed E-state index contributed by atoms with van der Waals surface area (Å²) in [6.45, 7) is 8.90. The molecular formula is C19H34IN5O2. The number of piperidine rings is 1. The molecule has 0 spiro atoms. The molecule has 27 heavy (non-hydrogen) atoms. The molecule has 0 aliphatic carbocycles. The number of rotatable bonds is 6. The Labute approximate surface area is 179 Å². The van der Waals surface area contributed by atoms with Gasteiger partial charge in [0.1, 0.15) is 5.76 Å². The normalized spacial score (nSPS) is 17.0. The Morgan fingerprint density at radius 3 is 2.52 bits per heavy atom. The van der Waals surface area contributed by atoms with E-state index in [2.05, 4.69) is 25.8 Å². The number of hydrogen-bond acceptors (Lipinski definition) is 4. The standard InChI is InChI=1S/C19H33N5O2.HI/c1-19(2,3)23-17(25)14-22-18(20-4)21-13-15(16-9-8-12-26-16)24-10-6-5-7-11-24;/h8-9,12,15H,5-7,10-11,13-14H2,1-4H3,(H,23,25)(H2,20,21,22);1H. The van der Waals surface area contributed by atoms with E-state index in [1.165, 1.54) is 19.3 Å². The maximum Gasteiger partial charge on any atom is 0.239 e. The third-order valence-corrected chi connectivity index (χ3v) is 4.32. The monoisotopic (exact) mass is 491 g/mol. The highest BCUT2D eigenvalue weighted by atomic mass is 127. The van der Waals surface area contributed by atoms with Crippen LogP contribution in [0.3, 0.4) is 0 Å². The van der Waals surface area contributed by atoms with Gasteiger partial charge in [0.25, 0.3) is 0 Å². The number of carbonyl (C=O) groups is 1. The molecule has 2 heterocycles. The van der Waals surface area contributed by atoms with Crippen LogP contribution in [0.1, 0.15) is 51.8 Å². The number of guanidine groups is 1. The van der Waals surface area contributed by atoms with Crippen molar-refractivity contribution in [2.24, 2.45) is 4.99 Å². The van der Waals surface area contributed by atoms with E-state index in [4.69, 9.17) is 4.42 Å². The molecule has 7 nitrogen and oxygen atoms in total. The lowest BCUT2D eigenvalue weighted by molar-refractivity contribution is -0.121. The average molecular weight is 491 g/mol. The lowest BCUT2D eigenvalue weighted by Gasteiger charge is -2.33. The molecule has 0 saturated carbocycles. The number of carbonyl (C=O) groups excluding carboxylic acids is 1. The maximum absolute atomic E-state index is 12.0. The van der Waals surface area contributed by atoms with Gasteiger partial charge in [-0.05, 0) is 58.8 Å². The molecule has 0 bridgehead atoms. The van der Waals surface area contributed by atoms with Gasteiger partial charge in [-0.3, -0.25) is 14.7 Å². The predicted molar refractivity (Wildman–Crippen MR) is 120 cm³/mol. The van der Waals surface area contributed by atoms with Gasteiger partial charge in [-0.15, -0.1) is 24.0 Å². The van der Waals surface area contributed by atoms with Gasteiger partial charge in [-0.25, -0.2) is 0 Å². The molecule has 1 saturated heterocycles. The second kappa shape index (κ2) is 11.5. The minimum atomic E-state index is -0.242.